The molecule has 2 aromatic heterocycles. The van der Waals surface area contributed by atoms with Gasteiger partial charge in [-0.25, -0.2) is 0 Å². The molecule has 7 amide bonds. The van der Waals surface area contributed by atoms with Gasteiger partial charge in [-0.3, -0.25) is 38.5 Å². The molecular formula is C56H77N9O7. The maximum Gasteiger partial charge on any atom is 0.246 e. The molecule has 4 heterocycles. The zero-order chi connectivity index (χ0) is 52.6. The SMILES string of the molecule is C=CC(C)(C)n1cc(C[C@@H]2NC(=O)[C@H](CCCC)NC(=O)[C@H](CC(C)C)N3CCC[C@@H](C3=O)N(C)C(=O)[C@H](C)NC(=O)[C@H](Cc3ccc4ncccc4c3)NC(=O)[C@H](CC(C)C)N(C)C2=O)c2ccccc21. The van der Waals surface area contributed by atoms with E-state index in [2.05, 4.69) is 37.4 Å². The van der Waals surface area contributed by atoms with Gasteiger partial charge in [0.05, 0.1) is 11.1 Å². The first-order valence-electron chi connectivity index (χ1n) is 25.8. The van der Waals surface area contributed by atoms with Crippen LogP contribution in [0.25, 0.3) is 21.8 Å². The number of nitrogens with one attached hydrogen (secondary N) is 4. The van der Waals surface area contributed by atoms with Gasteiger partial charge >= 0.3 is 0 Å². The summed E-state index contributed by atoms with van der Waals surface area (Å²) in [5, 5.41) is 13.6. The number of fused-ring (bicyclic) bond motifs is 4. The summed E-state index contributed by atoms with van der Waals surface area (Å²) in [7, 11) is 3.06. The van der Waals surface area contributed by atoms with Crippen molar-refractivity contribution in [1.82, 2.24) is 45.5 Å². The molecule has 2 aliphatic rings. The fourth-order valence-electron chi connectivity index (χ4n) is 10.1. The van der Waals surface area contributed by atoms with E-state index in [1.54, 1.807) is 6.20 Å². The van der Waals surface area contributed by atoms with E-state index in [1.165, 1.54) is 35.7 Å². The zero-order valence-corrected chi connectivity index (χ0v) is 44.0. The van der Waals surface area contributed by atoms with E-state index in [0.29, 0.717) is 37.7 Å². The Morgan fingerprint density at radius 1 is 0.750 bits per heavy atom. The molecule has 2 aromatic carbocycles. The zero-order valence-electron chi connectivity index (χ0n) is 44.0. The number of unbranched alkanes of at least 4 members (excludes halogenated alkanes) is 1. The van der Waals surface area contributed by atoms with Gasteiger partial charge in [0.25, 0.3) is 0 Å². The fraction of sp³-hybridized carbons (Fsp3) is 0.536. The van der Waals surface area contributed by atoms with E-state index < -0.39 is 89.2 Å². The van der Waals surface area contributed by atoms with E-state index >= 15 is 4.79 Å². The number of carbonyl (C=O) groups is 7. The van der Waals surface area contributed by atoms with Crippen molar-refractivity contribution in [3.05, 3.63) is 90.8 Å². The smallest absolute Gasteiger partial charge is 0.246 e. The number of pyridine rings is 1. The number of rotatable bonds is 13. The van der Waals surface area contributed by atoms with Gasteiger partial charge < -0.3 is 40.5 Å². The normalized spacial score (nSPS) is 23.8. The second kappa shape index (κ2) is 23.8. The van der Waals surface area contributed by atoms with Gasteiger partial charge in [0, 0.05) is 62.2 Å². The first-order chi connectivity index (χ1) is 34.1. The van der Waals surface area contributed by atoms with E-state index in [0.717, 1.165) is 27.4 Å². The van der Waals surface area contributed by atoms with Crippen LogP contribution in [0, 0.1) is 11.8 Å². The molecule has 16 nitrogen and oxygen atoms in total. The number of para-hydroxylation sites is 1. The number of aromatic nitrogens is 2. The van der Waals surface area contributed by atoms with E-state index in [4.69, 9.17) is 0 Å². The Morgan fingerprint density at radius 3 is 2.10 bits per heavy atom. The number of likely N-dealkylation sites (N-methyl/N-ethyl adjacent to an activating group) is 2. The summed E-state index contributed by atoms with van der Waals surface area (Å²) in [6.45, 7) is 19.7. The number of amides is 7. The summed E-state index contributed by atoms with van der Waals surface area (Å²) in [6.07, 6.45) is 8.44. The molecule has 0 saturated carbocycles. The quantitative estimate of drug-likeness (QED) is 0.121. The Morgan fingerprint density at radius 2 is 1.40 bits per heavy atom. The maximum absolute atomic E-state index is 15.4. The molecule has 0 radical (unpaired) electrons. The molecule has 388 valence electrons. The van der Waals surface area contributed by atoms with Crippen LogP contribution in [0.15, 0.2) is 79.6 Å². The monoisotopic (exact) mass is 988 g/mol. The van der Waals surface area contributed by atoms with E-state index in [-0.39, 0.29) is 44.1 Å². The second-order valence-corrected chi connectivity index (χ2v) is 21.3. The molecule has 16 heteroatoms. The summed E-state index contributed by atoms with van der Waals surface area (Å²) in [6, 6.07) is 9.45. The Bertz CT molecular complexity index is 2640. The van der Waals surface area contributed by atoms with E-state index in [9.17, 15) is 28.8 Å². The van der Waals surface area contributed by atoms with Gasteiger partial charge in [0.15, 0.2) is 0 Å². The van der Waals surface area contributed by atoms with E-state index in [1.807, 2.05) is 115 Å². The molecular weight excluding hydrogens is 911 g/mol. The van der Waals surface area contributed by atoms with Crippen LogP contribution >= 0.6 is 0 Å². The minimum Gasteiger partial charge on any atom is -0.343 e. The lowest BCUT2D eigenvalue weighted by Gasteiger charge is -2.41. The highest BCUT2D eigenvalue weighted by Gasteiger charge is 2.43. The van der Waals surface area contributed by atoms with Gasteiger partial charge in [-0.1, -0.05) is 83.9 Å². The second-order valence-electron chi connectivity index (χ2n) is 21.3. The molecule has 4 N–H and O–H groups in total. The van der Waals surface area contributed by atoms with Crippen molar-refractivity contribution >= 4 is 63.2 Å². The lowest BCUT2D eigenvalue weighted by Crippen LogP contribution is -2.62. The van der Waals surface area contributed by atoms with Crippen molar-refractivity contribution in [3.63, 3.8) is 0 Å². The highest BCUT2D eigenvalue weighted by atomic mass is 16.2. The molecule has 2 saturated heterocycles. The molecule has 0 unspecified atom stereocenters. The number of nitrogens with zero attached hydrogens (tertiary/aromatic N) is 5. The summed E-state index contributed by atoms with van der Waals surface area (Å²) in [4.78, 5) is 112. The summed E-state index contributed by atoms with van der Waals surface area (Å²) in [5.41, 5.74) is 2.61. The number of hydrogen-bond donors (Lipinski definition) is 4. The molecule has 2 bridgehead atoms. The van der Waals surface area contributed by atoms with Crippen LogP contribution in [-0.2, 0) is 51.9 Å². The van der Waals surface area contributed by atoms with Crippen LogP contribution in [0.3, 0.4) is 0 Å². The van der Waals surface area contributed by atoms with Crippen molar-refractivity contribution in [2.45, 2.75) is 161 Å². The maximum atomic E-state index is 15.4. The first kappa shape index (κ1) is 54.7. The molecule has 0 spiro atoms. The number of piperidine rings is 1. The Labute approximate surface area is 425 Å². The lowest BCUT2D eigenvalue weighted by molar-refractivity contribution is -0.153. The molecule has 2 fully saturated rings. The average molecular weight is 988 g/mol. The Balaban J connectivity index is 1.48. The molecule has 2 aliphatic heterocycles. The minimum absolute atomic E-state index is 0.0269. The predicted octanol–water partition coefficient (Wildman–Crippen LogP) is 5.80. The van der Waals surface area contributed by atoms with Crippen LogP contribution < -0.4 is 21.3 Å². The third-order valence-corrected chi connectivity index (χ3v) is 14.3. The van der Waals surface area contributed by atoms with Crippen LogP contribution in [0.4, 0.5) is 0 Å². The standard InChI is InChI=1S/C56H77N9O7/c1-12-14-21-42-49(66)61-44(32-39-33-65(56(8,9)13-2)45-22-16-15-20-40(39)45)54(71)63(11)47(28-34(3)4)51(68)60-43(31-37-24-25-41-38(30-37)19-17-26-57-41)50(67)58-36(7)53(70)62(10)46-23-18-27-64(55(46)72)48(29-35(5)6)52(69)59-42/h13,15-17,19-20,22,24-26,30,33-36,42-44,46-48H,2,12,14,18,21,23,27-29,31-32H2,1,3-11H3,(H,58,67)(H,59,69)(H,60,68)(H,61,66)/t36-,42-,43-,44-,46-,47-,48-/m0/s1. The largest absolute Gasteiger partial charge is 0.343 e. The van der Waals surface area contributed by atoms with Crippen molar-refractivity contribution < 1.29 is 33.6 Å². The lowest BCUT2D eigenvalue weighted by atomic mass is 9.95. The van der Waals surface area contributed by atoms with Gasteiger partial charge in [0.2, 0.25) is 41.4 Å². The number of carbonyl (C=O) groups excluding carboxylic acids is 7. The van der Waals surface area contributed by atoms with Crippen LogP contribution in [0.1, 0.15) is 111 Å². The topological polar surface area (TPSA) is 195 Å². The highest BCUT2D eigenvalue weighted by molar-refractivity contribution is 5.99. The number of benzene rings is 2. The van der Waals surface area contributed by atoms with Crippen molar-refractivity contribution in [2.75, 3.05) is 20.6 Å². The highest BCUT2D eigenvalue weighted by Crippen LogP contribution is 2.30. The first-order valence-corrected chi connectivity index (χ1v) is 25.8. The van der Waals surface area contributed by atoms with Crippen LogP contribution in [0.2, 0.25) is 0 Å². The minimum atomic E-state index is -1.23. The third-order valence-electron chi connectivity index (χ3n) is 14.3. The molecule has 7 atom stereocenters. The molecule has 4 aromatic rings. The number of allylic oxidation sites excluding steroid dienone is 1. The Kier molecular flexibility index (Phi) is 18.1. The average Bonchev–Trinajstić information content (AvgIpc) is 3.73. The van der Waals surface area contributed by atoms with Gasteiger partial charge in [-0.2, -0.15) is 0 Å². The fourth-order valence-corrected chi connectivity index (χ4v) is 10.1. The van der Waals surface area contributed by atoms with Crippen LogP contribution in [0.5, 0.6) is 0 Å². The molecule has 72 heavy (non-hydrogen) atoms. The Hall–Kier alpha value is -6.58. The summed E-state index contributed by atoms with van der Waals surface area (Å²) in [5.74, 6) is -3.94. The molecule has 0 aliphatic carbocycles. The number of hydrogen-bond acceptors (Lipinski definition) is 8. The van der Waals surface area contributed by atoms with Gasteiger partial charge in [-0.05, 0) is 100 Å². The molecule has 6 rings (SSSR count). The van der Waals surface area contributed by atoms with Gasteiger partial charge in [0.1, 0.15) is 42.3 Å². The van der Waals surface area contributed by atoms with Gasteiger partial charge in [-0.15, -0.1) is 6.58 Å². The van der Waals surface area contributed by atoms with Crippen LogP contribution in [-0.4, -0.2) is 129 Å². The summed E-state index contributed by atoms with van der Waals surface area (Å²) < 4.78 is 2.08. The van der Waals surface area contributed by atoms with Crippen molar-refractivity contribution in [3.8, 4) is 0 Å². The van der Waals surface area contributed by atoms with Crippen molar-refractivity contribution in [2.24, 2.45) is 11.8 Å². The van der Waals surface area contributed by atoms with Crippen molar-refractivity contribution in [1.29, 1.82) is 0 Å². The summed E-state index contributed by atoms with van der Waals surface area (Å²) >= 11 is 0. The predicted molar refractivity (Wildman–Crippen MR) is 280 cm³/mol. The third kappa shape index (κ3) is 12.7.